The third-order valence-corrected chi connectivity index (χ3v) is 5.45. The average Bonchev–Trinajstić information content (AvgIpc) is 2.59. The van der Waals surface area contributed by atoms with Gasteiger partial charge >= 0.3 is 5.97 Å². The van der Waals surface area contributed by atoms with Gasteiger partial charge in [0.2, 0.25) is 0 Å². The highest BCUT2D eigenvalue weighted by Crippen LogP contribution is 2.35. The Hall–Kier alpha value is -2.13. The number of rotatable bonds is 4. The van der Waals surface area contributed by atoms with Gasteiger partial charge < -0.3 is 5.11 Å². The number of aliphatic carboxylic acids is 1. The van der Waals surface area contributed by atoms with Gasteiger partial charge in [-0.15, -0.1) is 0 Å². The Morgan fingerprint density at radius 3 is 2.24 bits per heavy atom. The molecule has 1 heterocycles. The Kier molecular flexibility index (Phi) is 5.24. The van der Waals surface area contributed by atoms with Crippen molar-refractivity contribution in [2.45, 2.75) is 39.7 Å². The Morgan fingerprint density at radius 1 is 1.00 bits per heavy atom. The molecule has 1 N–H and O–H groups in total. The van der Waals surface area contributed by atoms with Gasteiger partial charge in [0.1, 0.15) is 0 Å². The zero-order chi connectivity index (χ0) is 18.0. The van der Waals surface area contributed by atoms with E-state index in [1.165, 1.54) is 27.8 Å². The van der Waals surface area contributed by atoms with Crippen molar-refractivity contribution < 1.29 is 9.90 Å². The molecular formula is C22H27NO2. The molecule has 0 saturated carbocycles. The Balaban J connectivity index is 1.99. The number of piperidine rings is 1. The minimum absolute atomic E-state index is 0.191. The molecule has 2 aromatic rings. The van der Waals surface area contributed by atoms with Crippen LogP contribution in [-0.2, 0) is 4.79 Å². The van der Waals surface area contributed by atoms with E-state index in [2.05, 4.69) is 68.1 Å². The van der Waals surface area contributed by atoms with Crippen LogP contribution in [0.5, 0.6) is 0 Å². The van der Waals surface area contributed by atoms with Gasteiger partial charge in [-0.3, -0.25) is 9.69 Å². The Bertz CT molecular complexity index is 760. The van der Waals surface area contributed by atoms with Crippen LogP contribution in [0.1, 0.15) is 46.7 Å². The fourth-order valence-corrected chi connectivity index (χ4v) is 3.99. The van der Waals surface area contributed by atoms with E-state index < -0.39 is 5.97 Å². The van der Waals surface area contributed by atoms with E-state index in [9.17, 15) is 9.90 Å². The van der Waals surface area contributed by atoms with Gasteiger partial charge in [-0.05, 0) is 69.0 Å². The monoisotopic (exact) mass is 337 g/mol. The zero-order valence-electron chi connectivity index (χ0n) is 15.3. The lowest BCUT2D eigenvalue weighted by Gasteiger charge is -2.38. The summed E-state index contributed by atoms with van der Waals surface area (Å²) >= 11 is 0. The minimum Gasteiger partial charge on any atom is -0.481 e. The number of carbonyl (C=O) groups is 1. The highest BCUT2D eigenvalue weighted by Gasteiger charge is 2.31. The quantitative estimate of drug-likeness (QED) is 0.893. The highest BCUT2D eigenvalue weighted by molar-refractivity contribution is 5.70. The van der Waals surface area contributed by atoms with E-state index in [1.54, 1.807) is 0 Å². The lowest BCUT2D eigenvalue weighted by atomic mass is 9.87. The lowest BCUT2D eigenvalue weighted by molar-refractivity contribution is -0.143. The van der Waals surface area contributed by atoms with E-state index in [-0.39, 0.29) is 12.0 Å². The first-order valence-electron chi connectivity index (χ1n) is 9.07. The molecule has 1 aliphatic rings. The van der Waals surface area contributed by atoms with Crippen LogP contribution in [0, 0.1) is 26.7 Å². The van der Waals surface area contributed by atoms with Gasteiger partial charge in [-0.1, -0.05) is 48.0 Å². The number of aryl methyl sites for hydroxylation is 3. The maximum Gasteiger partial charge on any atom is 0.306 e. The summed E-state index contributed by atoms with van der Waals surface area (Å²) in [5.74, 6) is -0.855. The summed E-state index contributed by atoms with van der Waals surface area (Å²) in [6.45, 7) is 8.11. The van der Waals surface area contributed by atoms with Crippen molar-refractivity contribution >= 4 is 5.97 Å². The normalized spacial score (nSPS) is 17.4. The molecule has 0 spiro atoms. The number of benzene rings is 2. The molecule has 25 heavy (non-hydrogen) atoms. The fourth-order valence-electron chi connectivity index (χ4n) is 3.99. The number of hydrogen-bond donors (Lipinski definition) is 1. The largest absolute Gasteiger partial charge is 0.481 e. The smallest absolute Gasteiger partial charge is 0.306 e. The highest BCUT2D eigenvalue weighted by atomic mass is 16.4. The van der Waals surface area contributed by atoms with E-state index >= 15 is 0 Å². The van der Waals surface area contributed by atoms with Gasteiger partial charge in [0.15, 0.2) is 0 Å². The van der Waals surface area contributed by atoms with Crippen LogP contribution in [0.4, 0.5) is 0 Å². The topological polar surface area (TPSA) is 40.5 Å². The van der Waals surface area contributed by atoms with E-state index in [0.29, 0.717) is 0 Å². The third-order valence-electron chi connectivity index (χ3n) is 5.45. The molecule has 132 valence electrons. The van der Waals surface area contributed by atoms with Crippen LogP contribution in [0.15, 0.2) is 42.5 Å². The lowest BCUT2D eigenvalue weighted by Crippen LogP contribution is -2.39. The molecule has 0 aromatic heterocycles. The molecule has 0 amide bonds. The molecule has 3 rings (SSSR count). The predicted octanol–water partition coefficient (Wildman–Crippen LogP) is 4.50. The van der Waals surface area contributed by atoms with Crippen LogP contribution in [0.25, 0.3) is 0 Å². The first-order chi connectivity index (χ1) is 12.0. The van der Waals surface area contributed by atoms with Crippen LogP contribution in [0.3, 0.4) is 0 Å². The molecular weight excluding hydrogens is 310 g/mol. The maximum atomic E-state index is 11.3. The van der Waals surface area contributed by atoms with Crippen LogP contribution in [0.2, 0.25) is 0 Å². The van der Waals surface area contributed by atoms with Gasteiger partial charge in [-0.2, -0.15) is 0 Å². The van der Waals surface area contributed by atoms with Crippen LogP contribution in [-0.4, -0.2) is 29.1 Å². The molecule has 0 aliphatic carbocycles. The predicted molar refractivity (Wildman–Crippen MR) is 101 cm³/mol. The number of nitrogens with zero attached hydrogens (tertiary/aromatic N) is 1. The average molecular weight is 337 g/mol. The van der Waals surface area contributed by atoms with Gasteiger partial charge in [-0.25, -0.2) is 0 Å². The molecule has 1 fully saturated rings. The molecule has 0 bridgehead atoms. The summed E-state index contributed by atoms with van der Waals surface area (Å²) < 4.78 is 0. The summed E-state index contributed by atoms with van der Waals surface area (Å²) in [7, 11) is 0. The van der Waals surface area contributed by atoms with Crippen molar-refractivity contribution in [2.75, 3.05) is 13.1 Å². The second kappa shape index (κ2) is 7.40. The SMILES string of the molecule is Cc1ccc(C(c2ccccc2C)N2CCC(C(=O)O)CC2)c(C)c1. The van der Waals surface area contributed by atoms with E-state index in [0.717, 1.165) is 25.9 Å². The van der Waals surface area contributed by atoms with Crippen LogP contribution < -0.4 is 0 Å². The van der Waals surface area contributed by atoms with Crippen molar-refractivity contribution in [1.82, 2.24) is 4.90 Å². The summed E-state index contributed by atoms with van der Waals surface area (Å²) in [4.78, 5) is 13.8. The Morgan fingerprint density at radius 2 is 1.64 bits per heavy atom. The Labute approximate surface area is 150 Å². The first kappa shape index (κ1) is 17.7. The maximum absolute atomic E-state index is 11.3. The number of hydrogen-bond acceptors (Lipinski definition) is 2. The van der Waals surface area contributed by atoms with Crippen molar-refractivity contribution in [3.63, 3.8) is 0 Å². The van der Waals surface area contributed by atoms with E-state index in [1.807, 2.05) is 0 Å². The van der Waals surface area contributed by atoms with Crippen molar-refractivity contribution in [1.29, 1.82) is 0 Å². The molecule has 0 radical (unpaired) electrons. The minimum atomic E-state index is -0.654. The number of carboxylic acids is 1. The van der Waals surface area contributed by atoms with Crippen molar-refractivity contribution in [2.24, 2.45) is 5.92 Å². The molecule has 3 nitrogen and oxygen atoms in total. The molecule has 1 aliphatic heterocycles. The van der Waals surface area contributed by atoms with Gasteiger partial charge in [0.25, 0.3) is 0 Å². The first-order valence-corrected chi connectivity index (χ1v) is 9.07. The molecule has 1 unspecified atom stereocenters. The standard InChI is InChI=1S/C22H27NO2/c1-15-8-9-20(17(3)14-15)21(19-7-5-4-6-16(19)2)23-12-10-18(11-13-23)22(24)25/h4-9,14,18,21H,10-13H2,1-3H3,(H,24,25). The summed E-state index contributed by atoms with van der Waals surface area (Å²) in [6.07, 6.45) is 1.45. The fraction of sp³-hybridized carbons (Fsp3) is 0.409. The van der Waals surface area contributed by atoms with Crippen LogP contribution >= 0.6 is 0 Å². The van der Waals surface area contributed by atoms with Crippen molar-refractivity contribution in [3.8, 4) is 0 Å². The number of likely N-dealkylation sites (tertiary alicyclic amines) is 1. The molecule has 1 saturated heterocycles. The molecule has 1 atom stereocenters. The molecule has 2 aromatic carbocycles. The second-order valence-corrected chi connectivity index (χ2v) is 7.27. The molecule has 3 heteroatoms. The third kappa shape index (κ3) is 3.77. The summed E-state index contributed by atoms with van der Waals surface area (Å²) in [5, 5.41) is 9.30. The summed E-state index contributed by atoms with van der Waals surface area (Å²) in [5.41, 5.74) is 6.51. The second-order valence-electron chi connectivity index (χ2n) is 7.27. The van der Waals surface area contributed by atoms with Crippen molar-refractivity contribution in [3.05, 3.63) is 70.3 Å². The summed E-state index contributed by atoms with van der Waals surface area (Å²) in [6, 6.07) is 15.4. The van der Waals surface area contributed by atoms with Gasteiger partial charge in [0, 0.05) is 0 Å². The van der Waals surface area contributed by atoms with E-state index in [4.69, 9.17) is 0 Å². The van der Waals surface area contributed by atoms with Gasteiger partial charge in [0.05, 0.1) is 12.0 Å². The number of carboxylic acid groups (broad SMARTS) is 1. The zero-order valence-corrected chi connectivity index (χ0v) is 15.3.